The number of ether oxygens (including phenoxy) is 1. The summed E-state index contributed by atoms with van der Waals surface area (Å²) in [6.45, 7) is 1.54. The number of benzene rings is 1. The SMILES string of the molecule is COc1ccc(Nc2ccc(C(=O)NCCCN(C)C)nn2)cc1. The number of carbonyl (C=O) groups is 1. The van der Waals surface area contributed by atoms with Crippen LogP contribution in [0.4, 0.5) is 11.5 Å². The molecule has 0 atom stereocenters. The van der Waals surface area contributed by atoms with E-state index in [2.05, 4.69) is 25.7 Å². The molecule has 2 aromatic rings. The van der Waals surface area contributed by atoms with E-state index in [0.29, 0.717) is 18.1 Å². The molecule has 7 heteroatoms. The largest absolute Gasteiger partial charge is 0.497 e. The van der Waals surface area contributed by atoms with E-state index < -0.39 is 0 Å². The average Bonchev–Trinajstić information content (AvgIpc) is 2.59. The van der Waals surface area contributed by atoms with Gasteiger partial charge in [-0.25, -0.2) is 0 Å². The number of hydrogen-bond acceptors (Lipinski definition) is 6. The standard InChI is InChI=1S/C17H23N5O2/c1-22(2)12-4-11-18-17(23)15-9-10-16(21-20-15)19-13-5-7-14(24-3)8-6-13/h5-10H,4,11-12H2,1-3H3,(H,18,23)(H,19,21). The highest BCUT2D eigenvalue weighted by molar-refractivity contribution is 5.92. The van der Waals surface area contributed by atoms with Gasteiger partial charge in [-0.1, -0.05) is 0 Å². The van der Waals surface area contributed by atoms with Gasteiger partial charge in [-0.05, 0) is 63.5 Å². The van der Waals surface area contributed by atoms with Crippen LogP contribution in [0.5, 0.6) is 5.75 Å². The van der Waals surface area contributed by atoms with Crippen molar-refractivity contribution in [3.05, 3.63) is 42.1 Å². The van der Waals surface area contributed by atoms with Gasteiger partial charge in [0.05, 0.1) is 7.11 Å². The molecule has 0 bridgehead atoms. The van der Waals surface area contributed by atoms with Gasteiger partial charge in [-0.2, -0.15) is 0 Å². The van der Waals surface area contributed by atoms with Crippen molar-refractivity contribution in [3.8, 4) is 5.75 Å². The average molecular weight is 329 g/mol. The van der Waals surface area contributed by atoms with Crippen molar-refractivity contribution in [2.75, 3.05) is 39.6 Å². The normalized spacial score (nSPS) is 10.5. The number of carbonyl (C=O) groups excluding carboxylic acids is 1. The van der Waals surface area contributed by atoms with Crippen LogP contribution in [0.25, 0.3) is 0 Å². The van der Waals surface area contributed by atoms with Crippen molar-refractivity contribution >= 4 is 17.4 Å². The van der Waals surface area contributed by atoms with Crippen LogP contribution in [0.2, 0.25) is 0 Å². The molecular formula is C17H23N5O2. The summed E-state index contributed by atoms with van der Waals surface area (Å²) in [5, 5.41) is 13.9. The third-order valence-corrected chi connectivity index (χ3v) is 3.33. The number of methoxy groups -OCH3 is 1. The first kappa shape index (κ1) is 17.7. The lowest BCUT2D eigenvalue weighted by Gasteiger charge is -2.10. The molecule has 0 saturated carbocycles. The minimum Gasteiger partial charge on any atom is -0.497 e. The van der Waals surface area contributed by atoms with Gasteiger partial charge in [-0.3, -0.25) is 4.79 Å². The molecule has 0 fully saturated rings. The van der Waals surface area contributed by atoms with Gasteiger partial charge < -0.3 is 20.3 Å². The Bertz CT molecular complexity index is 641. The van der Waals surface area contributed by atoms with E-state index in [1.54, 1.807) is 19.2 Å². The molecular weight excluding hydrogens is 306 g/mol. The highest BCUT2D eigenvalue weighted by atomic mass is 16.5. The third kappa shape index (κ3) is 5.51. The summed E-state index contributed by atoms with van der Waals surface area (Å²) in [6.07, 6.45) is 0.892. The lowest BCUT2D eigenvalue weighted by molar-refractivity contribution is 0.0946. The molecule has 1 amide bonds. The summed E-state index contributed by atoms with van der Waals surface area (Å²) in [5.74, 6) is 1.15. The monoisotopic (exact) mass is 329 g/mol. The van der Waals surface area contributed by atoms with E-state index in [1.807, 2.05) is 38.4 Å². The second-order valence-corrected chi connectivity index (χ2v) is 5.57. The van der Waals surface area contributed by atoms with E-state index in [0.717, 1.165) is 24.4 Å². The predicted molar refractivity (Wildman–Crippen MR) is 93.8 cm³/mol. The Kier molecular flexibility index (Phi) is 6.51. The highest BCUT2D eigenvalue weighted by Crippen LogP contribution is 2.18. The lowest BCUT2D eigenvalue weighted by Crippen LogP contribution is -2.28. The van der Waals surface area contributed by atoms with Crippen molar-refractivity contribution in [2.24, 2.45) is 0 Å². The van der Waals surface area contributed by atoms with Gasteiger partial charge in [-0.15, -0.1) is 10.2 Å². The summed E-state index contributed by atoms with van der Waals surface area (Å²) in [7, 11) is 5.63. The van der Waals surface area contributed by atoms with Crippen LogP contribution < -0.4 is 15.4 Å². The molecule has 1 heterocycles. The molecule has 1 aromatic carbocycles. The van der Waals surface area contributed by atoms with Crippen molar-refractivity contribution in [1.29, 1.82) is 0 Å². The van der Waals surface area contributed by atoms with Gasteiger partial charge >= 0.3 is 0 Å². The van der Waals surface area contributed by atoms with Crippen LogP contribution in [-0.4, -0.2) is 55.3 Å². The fourth-order valence-corrected chi connectivity index (χ4v) is 2.03. The molecule has 128 valence electrons. The first-order valence-electron chi connectivity index (χ1n) is 7.76. The number of aromatic nitrogens is 2. The number of amides is 1. The molecule has 0 saturated heterocycles. The molecule has 0 unspecified atom stereocenters. The Hall–Kier alpha value is -2.67. The van der Waals surface area contributed by atoms with Gasteiger partial charge in [0.25, 0.3) is 5.91 Å². The number of nitrogens with zero attached hydrogens (tertiary/aromatic N) is 3. The second kappa shape index (κ2) is 8.83. The first-order chi connectivity index (χ1) is 11.6. The minimum absolute atomic E-state index is 0.211. The molecule has 0 aliphatic heterocycles. The molecule has 0 spiro atoms. The topological polar surface area (TPSA) is 79.4 Å². The molecule has 2 N–H and O–H groups in total. The zero-order chi connectivity index (χ0) is 17.4. The summed E-state index contributed by atoms with van der Waals surface area (Å²) in [5.41, 5.74) is 1.17. The van der Waals surface area contributed by atoms with Crippen molar-refractivity contribution in [1.82, 2.24) is 20.4 Å². The van der Waals surface area contributed by atoms with E-state index in [9.17, 15) is 4.79 Å². The maximum Gasteiger partial charge on any atom is 0.271 e. The van der Waals surface area contributed by atoms with Gasteiger partial charge in [0.2, 0.25) is 0 Å². The minimum atomic E-state index is -0.211. The first-order valence-corrected chi connectivity index (χ1v) is 7.76. The number of anilines is 2. The molecule has 0 aliphatic carbocycles. The molecule has 7 nitrogen and oxygen atoms in total. The summed E-state index contributed by atoms with van der Waals surface area (Å²) in [4.78, 5) is 14.0. The highest BCUT2D eigenvalue weighted by Gasteiger charge is 2.07. The zero-order valence-corrected chi connectivity index (χ0v) is 14.2. The predicted octanol–water partition coefficient (Wildman–Crippen LogP) is 1.91. The smallest absolute Gasteiger partial charge is 0.271 e. The van der Waals surface area contributed by atoms with E-state index >= 15 is 0 Å². The van der Waals surface area contributed by atoms with E-state index in [-0.39, 0.29) is 5.91 Å². The van der Waals surface area contributed by atoms with Gasteiger partial charge in [0.1, 0.15) is 5.75 Å². The number of rotatable bonds is 8. The van der Waals surface area contributed by atoms with E-state index in [1.165, 1.54) is 0 Å². The molecule has 2 rings (SSSR count). The summed E-state index contributed by atoms with van der Waals surface area (Å²) >= 11 is 0. The van der Waals surface area contributed by atoms with Crippen LogP contribution in [0.1, 0.15) is 16.9 Å². The van der Waals surface area contributed by atoms with Crippen LogP contribution >= 0.6 is 0 Å². The Morgan fingerprint density at radius 1 is 1.12 bits per heavy atom. The van der Waals surface area contributed by atoms with Crippen LogP contribution in [0.15, 0.2) is 36.4 Å². The molecule has 0 aliphatic rings. The summed E-state index contributed by atoms with van der Waals surface area (Å²) < 4.78 is 5.11. The zero-order valence-electron chi connectivity index (χ0n) is 14.2. The Morgan fingerprint density at radius 3 is 2.46 bits per heavy atom. The van der Waals surface area contributed by atoms with Crippen molar-refractivity contribution in [2.45, 2.75) is 6.42 Å². The molecule has 24 heavy (non-hydrogen) atoms. The second-order valence-electron chi connectivity index (χ2n) is 5.57. The lowest BCUT2D eigenvalue weighted by atomic mass is 10.3. The van der Waals surface area contributed by atoms with Crippen molar-refractivity contribution in [3.63, 3.8) is 0 Å². The maximum absolute atomic E-state index is 12.0. The Balaban J connectivity index is 1.86. The Labute approximate surface area is 142 Å². The van der Waals surface area contributed by atoms with Crippen LogP contribution in [0, 0.1) is 0 Å². The molecule has 0 radical (unpaired) electrons. The van der Waals surface area contributed by atoms with Crippen LogP contribution in [-0.2, 0) is 0 Å². The van der Waals surface area contributed by atoms with E-state index in [4.69, 9.17) is 4.74 Å². The Morgan fingerprint density at radius 2 is 1.88 bits per heavy atom. The number of hydrogen-bond donors (Lipinski definition) is 2. The third-order valence-electron chi connectivity index (χ3n) is 3.33. The maximum atomic E-state index is 12.0. The van der Waals surface area contributed by atoms with Crippen LogP contribution in [0.3, 0.4) is 0 Å². The fourth-order valence-electron chi connectivity index (χ4n) is 2.03. The van der Waals surface area contributed by atoms with Crippen molar-refractivity contribution < 1.29 is 9.53 Å². The van der Waals surface area contributed by atoms with Gasteiger partial charge in [0.15, 0.2) is 11.5 Å². The van der Waals surface area contributed by atoms with Gasteiger partial charge in [0, 0.05) is 12.2 Å². The quantitative estimate of drug-likeness (QED) is 0.720. The number of nitrogens with one attached hydrogen (secondary N) is 2. The fraction of sp³-hybridized carbons (Fsp3) is 0.353. The summed E-state index contributed by atoms with van der Waals surface area (Å²) in [6, 6.07) is 10.8. The molecule has 1 aromatic heterocycles.